The molecule has 0 radical (unpaired) electrons. The van der Waals surface area contributed by atoms with Gasteiger partial charge in [0.15, 0.2) is 0 Å². The molecule has 62 valence electrons. The monoisotopic (exact) mass is 224 g/mol. The molecule has 1 nitrogen and oxygen atoms in total. The summed E-state index contributed by atoms with van der Waals surface area (Å²) in [4.78, 5) is 0. The molecule has 0 atom stereocenters. The van der Waals surface area contributed by atoms with Crippen molar-refractivity contribution >= 4 is 15.9 Å². The first-order chi connectivity index (χ1) is 5.84. The predicted molar refractivity (Wildman–Crippen MR) is 52.6 cm³/mol. The molecule has 0 aliphatic heterocycles. The maximum absolute atomic E-state index is 5.18. The zero-order valence-electron chi connectivity index (χ0n) is 6.59. The summed E-state index contributed by atoms with van der Waals surface area (Å²) >= 11 is 3.42. The molecule has 0 aromatic heterocycles. The van der Waals surface area contributed by atoms with Crippen LogP contribution in [-0.2, 0) is 11.3 Å². The van der Waals surface area contributed by atoms with Crippen molar-refractivity contribution in [3.05, 3.63) is 34.3 Å². The highest BCUT2D eigenvalue weighted by molar-refractivity contribution is 9.10. The molecule has 0 fully saturated rings. The maximum Gasteiger partial charge on any atom is 0.107 e. The fourth-order valence-corrected chi connectivity index (χ4v) is 1.23. The minimum atomic E-state index is 0.362. The van der Waals surface area contributed by atoms with Crippen LogP contribution in [0.15, 0.2) is 28.7 Å². The highest BCUT2D eigenvalue weighted by Gasteiger charge is 1.96. The molecule has 0 saturated heterocycles. The van der Waals surface area contributed by atoms with Gasteiger partial charge in [0.05, 0.1) is 6.61 Å². The zero-order valence-corrected chi connectivity index (χ0v) is 8.17. The molecule has 1 rings (SSSR count). The Hall–Kier alpha value is -0.780. The molecule has 1 aromatic rings. The first-order valence-corrected chi connectivity index (χ1v) is 4.38. The van der Waals surface area contributed by atoms with Crippen LogP contribution < -0.4 is 0 Å². The quantitative estimate of drug-likeness (QED) is 0.567. The maximum atomic E-state index is 5.18. The van der Waals surface area contributed by atoms with Crippen molar-refractivity contribution in [2.75, 3.05) is 6.61 Å². The minimum Gasteiger partial charge on any atom is -0.364 e. The molecule has 1 aromatic carbocycles. The number of benzene rings is 1. The summed E-state index contributed by atoms with van der Waals surface area (Å²) in [5, 5.41) is 0. The van der Waals surface area contributed by atoms with Gasteiger partial charge in [-0.15, -0.1) is 6.42 Å². The lowest BCUT2D eigenvalue weighted by Gasteiger charge is -2.02. The van der Waals surface area contributed by atoms with Crippen molar-refractivity contribution in [3.8, 4) is 12.3 Å². The second-order valence-electron chi connectivity index (χ2n) is 2.29. The second kappa shape index (κ2) is 4.97. The van der Waals surface area contributed by atoms with Gasteiger partial charge >= 0.3 is 0 Å². The van der Waals surface area contributed by atoms with Crippen molar-refractivity contribution in [3.63, 3.8) is 0 Å². The van der Waals surface area contributed by atoms with E-state index in [9.17, 15) is 0 Å². The van der Waals surface area contributed by atoms with E-state index < -0.39 is 0 Å². The topological polar surface area (TPSA) is 9.23 Å². The van der Waals surface area contributed by atoms with Gasteiger partial charge in [-0.1, -0.05) is 40.0 Å². The smallest absolute Gasteiger partial charge is 0.107 e. The first-order valence-electron chi connectivity index (χ1n) is 3.59. The van der Waals surface area contributed by atoms with Gasteiger partial charge < -0.3 is 4.74 Å². The summed E-state index contributed by atoms with van der Waals surface area (Å²) in [5.74, 6) is 2.42. The number of terminal acetylenes is 1. The Morgan fingerprint density at radius 1 is 1.42 bits per heavy atom. The van der Waals surface area contributed by atoms with E-state index >= 15 is 0 Å². The van der Waals surface area contributed by atoms with E-state index in [1.807, 2.05) is 24.3 Å². The highest BCUT2D eigenvalue weighted by Crippen LogP contribution is 2.16. The molecule has 2 heteroatoms. The van der Waals surface area contributed by atoms with Gasteiger partial charge in [0.25, 0.3) is 0 Å². The van der Waals surface area contributed by atoms with Crippen LogP contribution in [0.5, 0.6) is 0 Å². The Morgan fingerprint density at radius 3 is 2.83 bits per heavy atom. The van der Waals surface area contributed by atoms with Gasteiger partial charge in [-0.25, -0.2) is 0 Å². The number of halogens is 1. The van der Waals surface area contributed by atoms with E-state index in [1.165, 1.54) is 0 Å². The lowest BCUT2D eigenvalue weighted by atomic mass is 10.2. The third kappa shape index (κ3) is 2.69. The van der Waals surface area contributed by atoms with Crippen molar-refractivity contribution < 1.29 is 4.74 Å². The van der Waals surface area contributed by atoms with Crippen LogP contribution >= 0.6 is 15.9 Å². The molecule has 0 unspecified atom stereocenters. The molecular formula is C10H9BrO. The summed E-state index contributed by atoms with van der Waals surface area (Å²) in [7, 11) is 0. The van der Waals surface area contributed by atoms with Crippen LogP contribution in [-0.4, -0.2) is 6.61 Å². The Balaban J connectivity index is 2.53. The number of hydrogen-bond acceptors (Lipinski definition) is 1. The van der Waals surface area contributed by atoms with Gasteiger partial charge in [0.1, 0.15) is 6.61 Å². The largest absolute Gasteiger partial charge is 0.364 e. The van der Waals surface area contributed by atoms with Crippen molar-refractivity contribution in [1.82, 2.24) is 0 Å². The molecule has 12 heavy (non-hydrogen) atoms. The molecule has 0 heterocycles. The molecule has 0 amide bonds. The van der Waals surface area contributed by atoms with E-state index in [1.54, 1.807) is 0 Å². The van der Waals surface area contributed by atoms with Crippen LogP contribution in [0.25, 0.3) is 0 Å². The Bertz CT molecular complexity index is 288. The highest BCUT2D eigenvalue weighted by atomic mass is 79.9. The average Bonchev–Trinajstić information content (AvgIpc) is 2.09. The van der Waals surface area contributed by atoms with E-state index in [0.717, 1.165) is 10.0 Å². The van der Waals surface area contributed by atoms with E-state index in [-0.39, 0.29) is 0 Å². The Kier molecular flexibility index (Phi) is 3.86. The summed E-state index contributed by atoms with van der Waals surface area (Å²) in [6.07, 6.45) is 5.04. The third-order valence-corrected chi connectivity index (χ3v) is 2.17. The van der Waals surface area contributed by atoms with Gasteiger partial charge in [-0.2, -0.15) is 0 Å². The van der Waals surface area contributed by atoms with Gasteiger partial charge in [-0.3, -0.25) is 0 Å². The summed E-state index contributed by atoms with van der Waals surface area (Å²) < 4.78 is 6.24. The second-order valence-corrected chi connectivity index (χ2v) is 3.14. The van der Waals surface area contributed by atoms with Crippen LogP contribution in [0.4, 0.5) is 0 Å². The molecular weight excluding hydrogens is 216 g/mol. The summed E-state index contributed by atoms with van der Waals surface area (Å²) in [6.45, 7) is 0.924. The van der Waals surface area contributed by atoms with Crippen LogP contribution in [0.3, 0.4) is 0 Å². The van der Waals surface area contributed by atoms with Crippen molar-refractivity contribution in [2.24, 2.45) is 0 Å². The minimum absolute atomic E-state index is 0.362. The third-order valence-electron chi connectivity index (χ3n) is 1.40. The summed E-state index contributed by atoms with van der Waals surface area (Å²) in [5.41, 5.74) is 1.12. The fraction of sp³-hybridized carbons (Fsp3) is 0.200. The van der Waals surface area contributed by atoms with Gasteiger partial charge in [0.2, 0.25) is 0 Å². The van der Waals surface area contributed by atoms with Crippen molar-refractivity contribution in [2.45, 2.75) is 6.61 Å². The van der Waals surface area contributed by atoms with Gasteiger partial charge in [0, 0.05) is 4.47 Å². The van der Waals surface area contributed by atoms with E-state index in [4.69, 9.17) is 11.2 Å². The molecule has 0 saturated carbocycles. The number of rotatable bonds is 3. The number of ether oxygens (including phenoxy) is 1. The molecule has 0 aliphatic rings. The van der Waals surface area contributed by atoms with Crippen LogP contribution in [0, 0.1) is 12.3 Å². The first kappa shape index (κ1) is 9.31. The molecule has 0 N–H and O–H groups in total. The Morgan fingerprint density at radius 2 is 2.17 bits per heavy atom. The SMILES string of the molecule is C#CCOCc1ccccc1Br. The average molecular weight is 225 g/mol. The standard InChI is InChI=1S/C10H9BrO/c1-2-7-12-8-9-5-3-4-6-10(9)11/h1,3-6H,7-8H2. The normalized spacial score (nSPS) is 9.33. The number of hydrogen-bond donors (Lipinski definition) is 0. The molecule has 0 aliphatic carbocycles. The lowest BCUT2D eigenvalue weighted by Crippen LogP contribution is -1.93. The van der Waals surface area contributed by atoms with Crippen molar-refractivity contribution in [1.29, 1.82) is 0 Å². The Labute approximate surface area is 80.9 Å². The van der Waals surface area contributed by atoms with Crippen LogP contribution in [0.1, 0.15) is 5.56 Å². The van der Waals surface area contributed by atoms with E-state index in [0.29, 0.717) is 13.2 Å². The molecule has 0 spiro atoms. The lowest BCUT2D eigenvalue weighted by molar-refractivity contribution is 0.153. The van der Waals surface area contributed by atoms with Crippen LogP contribution in [0.2, 0.25) is 0 Å². The van der Waals surface area contributed by atoms with Gasteiger partial charge in [-0.05, 0) is 11.6 Å². The fourth-order valence-electron chi connectivity index (χ4n) is 0.835. The zero-order chi connectivity index (χ0) is 8.81. The predicted octanol–water partition coefficient (Wildman–Crippen LogP) is 2.60. The molecule has 0 bridgehead atoms. The van der Waals surface area contributed by atoms with E-state index in [2.05, 4.69) is 21.9 Å². The summed E-state index contributed by atoms with van der Waals surface area (Å²) in [6, 6.07) is 7.92.